The van der Waals surface area contributed by atoms with Gasteiger partial charge in [0.1, 0.15) is 0 Å². The maximum Gasteiger partial charge on any atom is 0.445 e. The molecular formula is C11H14F3N3O2S. The molecule has 0 aromatic carbocycles. The van der Waals surface area contributed by atoms with Crippen molar-refractivity contribution in [2.45, 2.75) is 37.9 Å². The van der Waals surface area contributed by atoms with Crippen molar-refractivity contribution >= 4 is 22.4 Å². The first-order valence-corrected chi connectivity index (χ1v) is 6.97. The van der Waals surface area contributed by atoms with Gasteiger partial charge in [0.2, 0.25) is 10.1 Å². The fourth-order valence-corrected chi connectivity index (χ4v) is 3.00. The van der Waals surface area contributed by atoms with Gasteiger partial charge >= 0.3 is 12.1 Å². The van der Waals surface area contributed by atoms with Crippen molar-refractivity contribution in [3.63, 3.8) is 0 Å². The lowest BCUT2D eigenvalue weighted by Gasteiger charge is -2.34. The number of carbonyl (C=O) groups excluding carboxylic acids is 1. The van der Waals surface area contributed by atoms with Crippen molar-refractivity contribution in [1.82, 2.24) is 10.2 Å². The van der Waals surface area contributed by atoms with E-state index in [0.29, 0.717) is 17.9 Å². The summed E-state index contributed by atoms with van der Waals surface area (Å²) in [6.45, 7) is 0.578. The molecule has 0 amide bonds. The van der Waals surface area contributed by atoms with Crippen LogP contribution in [0, 0.1) is 0 Å². The van der Waals surface area contributed by atoms with E-state index in [4.69, 9.17) is 0 Å². The first kappa shape index (κ1) is 15.0. The highest BCUT2D eigenvalue weighted by Gasteiger charge is 2.37. The zero-order valence-electron chi connectivity index (χ0n) is 10.8. The number of methoxy groups -OCH3 is 1. The molecule has 1 aromatic heterocycles. The van der Waals surface area contributed by atoms with Crippen LogP contribution < -0.4 is 4.90 Å². The van der Waals surface area contributed by atoms with Gasteiger partial charge in [-0.15, -0.1) is 10.2 Å². The summed E-state index contributed by atoms with van der Waals surface area (Å²) in [5.41, 5.74) is 0. The third-order valence-corrected chi connectivity index (χ3v) is 4.16. The number of hydrogen-bond donors (Lipinski definition) is 0. The molecular weight excluding hydrogens is 295 g/mol. The van der Waals surface area contributed by atoms with Gasteiger partial charge in [0.25, 0.3) is 0 Å². The second kappa shape index (κ2) is 5.94. The molecule has 1 aliphatic rings. The molecule has 9 heteroatoms. The Kier molecular flexibility index (Phi) is 4.46. The van der Waals surface area contributed by atoms with E-state index >= 15 is 0 Å². The van der Waals surface area contributed by atoms with Crippen LogP contribution in [0.3, 0.4) is 0 Å². The van der Waals surface area contributed by atoms with Crippen LogP contribution in [0.15, 0.2) is 0 Å². The van der Waals surface area contributed by atoms with Crippen LogP contribution in [0.1, 0.15) is 30.7 Å². The van der Waals surface area contributed by atoms with E-state index < -0.39 is 11.2 Å². The average Bonchev–Trinajstić information content (AvgIpc) is 2.88. The maximum absolute atomic E-state index is 12.5. The number of anilines is 1. The number of ether oxygens (including phenoxy) is 1. The highest BCUT2D eigenvalue weighted by molar-refractivity contribution is 7.15. The van der Waals surface area contributed by atoms with Gasteiger partial charge in [0, 0.05) is 12.6 Å². The van der Waals surface area contributed by atoms with E-state index in [1.165, 1.54) is 7.11 Å². The quantitative estimate of drug-likeness (QED) is 0.803. The number of halogens is 3. The molecule has 0 saturated carbocycles. The summed E-state index contributed by atoms with van der Waals surface area (Å²) in [4.78, 5) is 13.1. The summed E-state index contributed by atoms with van der Waals surface area (Å²) in [6, 6.07) is -0.176. The van der Waals surface area contributed by atoms with Gasteiger partial charge in [-0.1, -0.05) is 11.3 Å². The van der Waals surface area contributed by atoms with E-state index in [2.05, 4.69) is 14.9 Å². The summed E-state index contributed by atoms with van der Waals surface area (Å²) >= 11 is 0.511. The van der Waals surface area contributed by atoms with Crippen molar-refractivity contribution in [3.8, 4) is 0 Å². The van der Waals surface area contributed by atoms with E-state index in [1.54, 1.807) is 4.90 Å². The minimum absolute atomic E-state index is 0.150. The lowest BCUT2D eigenvalue weighted by atomic mass is 10.0. The molecule has 5 nitrogen and oxygen atoms in total. The van der Waals surface area contributed by atoms with Crippen molar-refractivity contribution in [3.05, 3.63) is 5.01 Å². The largest absolute Gasteiger partial charge is 0.469 e. The highest BCUT2D eigenvalue weighted by atomic mass is 32.1. The van der Waals surface area contributed by atoms with Crippen LogP contribution in [0.4, 0.5) is 18.3 Å². The van der Waals surface area contributed by atoms with Gasteiger partial charge in [0.15, 0.2) is 0 Å². The van der Waals surface area contributed by atoms with Crippen molar-refractivity contribution < 1.29 is 22.7 Å². The van der Waals surface area contributed by atoms with E-state index in [9.17, 15) is 18.0 Å². The summed E-state index contributed by atoms with van der Waals surface area (Å²) < 4.78 is 42.3. The fraction of sp³-hybridized carbons (Fsp3) is 0.727. The lowest BCUT2D eigenvalue weighted by molar-refractivity contribution is -0.141. The zero-order valence-corrected chi connectivity index (χ0v) is 11.6. The van der Waals surface area contributed by atoms with Crippen LogP contribution in [-0.4, -0.2) is 35.9 Å². The Hall–Kier alpha value is -1.38. The topological polar surface area (TPSA) is 55.3 Å². The Morgan fingerprint density at radius 1 is 1.45 bits per heavy atom. The number of esters is 1. The van der Waals surface area contributed by atoms with Crippen LogP contribution in [0.25, 0.3) is 0 Å². The second-order valence-corrected chi connectivity index (χ2v) is 5.47. The normalized spacial score (nSPS) is 20.0. The average molecular weight is 309 g/mol. The number of alkyl halides is 3. The molecule has 1 saturated heterocycles. The number of nitrogens with zero attached hydrogens (tertiary/aromatic N) is 3. The Morgan fingerprint density at radius 2 is 2.20 bits per heavy atom. The number of carbonyl (C=O) groups is 1. The van der Waals surface area contributed by atoms with Gasteiger partial charge in [-0.2, -0.15) is 13.2 Å². The molecule has 2 rings (SSSR count). The highest BCUT2D eigenvalue weighted by Crippen LogP contribution is 2.36. The van der Waals surface area contributed by atoms with Crippen LogP contribution in [0.2, 0.25) is 0 Å². The molecule has 0 bridgehead atoms. The SMILES string of the molecule is COC(=O)CC1CCCCN1c1nnc(C(F)(F)F)s1. The number of piperidine rings is 1. The van der Waals surface area contributed by atoms with E-state index in [0.717, 1.165) is 19.3 Å². The van der Waals surface area contributed by atoms with Gasteiger partial charge < -0.3 is 9.64 Å². The molecule has 1 aliphatic heterocycles. The fourth-order valence-electron chi connectivity index (χ4n) is 2.19. The smallest absolute Gasteiger partial charge is 0.445 e. The first-order valence-electron chi connectivity index (χ1n) is 6.16. The van der Waals surface area contributed by atoms with E-state index in [1.807, 2.05) is 0 Å². The van der Waals surface area contributed by atoms with Crippen molar-refractivity contribution in [1.29, 1.82) is 0 Å². The molecule has 1 atom stereocenters. The lowest BCUT2D eigenvalue weighted by Crippen LogP contribution is -2.41. The van der Waals surface area contributed by atoms with Gasteiger partial charge in [-0.3, -0.25) is 4.79 Å². The Balaban J connectivity index is 2.15. The van der Waals surface area contributed by atoms with Gasteiger partial charge in [-0.25, -0.2) is 0 Å². The van der Waals surface area contributed by atoms with Gasteiger partial charge in [0.05, 0.1) is 13.5 Å². The number of rotatable bonds is 3. The molecule has 20 heavy (non-hydrogen) atoms. The molecule has 1 unspecified atom stereocenters. The standard InChI is InChI=1S/C11H14F3N3O2S/c1-19-8(18)6-7-4-2-3-5-17(7)10-16-15-9(20-10)11(12,13)14/h7H,2-6H2,1H3. The zero-order chi connectivity index (χ0) is 14.8. The monoisotopic (exact) mass is 309 g/mol. The molecule has 0 N–H and O–H groups in total. The molecule has 112 valence electrons. The Bertz CT molecular complexity index is 478. The summed E-state index contributed by atoms with van der Waals surface area (Å²) in [5, 5.41) is 6.04. The molecule has 1 fully saturated rings. The Morgan fingerprint density at radius 3 is 2.80 bits per heavy atom. The van der Waals surface area contributed by atoms with Gasteiger partial charge in [-0.05, 0) is 19.3 Å². The molecule has 2 heterocycles. The third kappa shape index (κ3) is 3.38. The summed E-state index contributed by atoms with van der Waals surface area (Å²) in [6.07, 6.45) is -1.81. The second-order valence-electron chi connectivity index (χ2n) is 4.51. The maximum atomic E-state index is 12.5. The van der Waals surface area contributed by atoms with Crippen molar-refractivity contribution in [2.75, 3.05) is 18.6 Å². The third-order valence-electron chi connectivity index (χ3n) is 3.16. The van der Waals surface area contributed by atoms with Crippen LogP contribution >= 0.6 is 11.3 Å². The molecule has 1 aromatic rings. The minimum atomic E-state index is -4.48. The van der Waals surface area contributed by atoms with E-state index in [-0.39, 0.29) is 23.6 Å². The summed E-state index contributed by atoms with van der Waals surface area (Å²) in [5.74, 6) is -0.373. The Labute approximate surface area is 117 Å². The first-order chi connectivity index (χ1) is 9.41. The number of aromatic nitrogens is 2. The predicted molar refractivity (Wildman–Crippen MR) is 66.5 cm³/mol. The molecule has 0 spiro atoms. The number of hydrogen-bond acceptors (Lipinski definition) is 6. The molecule has 0 radical (unpaired) electrons. The predicted octanol–water partition coefficient (Wildman–Crippen LogP) is 2.48. The summed E-state index contributed by atoms with van der Waals surface area (Å²) in [7, 11) is 1.29. The van der Waals surface area contributed by atoms with Crippen LogP contribution in [-0.2, 0) is 15.7 Å². The van der Waals surface area contributed by atoms with Crippen molar-refractivity contribution in [2.24, 2.45) is 0 Å². The van der Waals surface area contributed by atoms with Crippen LogP contribution in [0.5, 0.6) is 0 Å². The minimum Gasteiger partial charge on any atom is -0.469 e. The molecule has 0 aliphatic carbocycles.